The summed E-state index contributed by atoms with van der Waals surface area (Å²) in [5, 5.41) is 0. The van der Waals surface area contributed by atoms with Gasteiger partial charge in [-0.2, -0.15) is 0 Å². The van der Waals surface area contributed by atoms with Gasteiger partial charge in [0, 0.05) is 32.0 Å². The number of hydrogen-bond donors (Lipinski definition) is 0. The zero-order valence-electron chi connectivity index (χ0n) is 14.1. The highest BCUT2D eigenvalue weighted by Crippen LogP contribution is 2.22. The molecule has 2 aliphatic rings. The number of piperidine rings is 2. The van der Waals surface area contributed by atoms with Crippen LogP contribution in [0.3, 0.4) is 0 Å². The van der Waals surface area contributed by atoms with E-state index in [2.05, 4.69) is 27.8 Å². The standard InChI is InChI=1S/C19H31N3/c1-17-6-11-22(12-7-17)16-19-5-3-10-21(15-19)13-8-18-4-2-9-20-14-18/h2,4,9,14,17,19H,3,5-8,10-13,15-16H2,1H3/t19-/m0/s1. The third-order valence-corrected chi connectivity index (χ3v) is 5.44. The zero-order chi connectivity index (χ0) is 15.2. The minimum Gasteiger partial charge on any atom is -0.303 e. The maximum Gasteiger partial charge on any atom is 0.0300 e. The summed E-state index contributed by atoms with van der Waals surface area (Å²) in [6.45, 7) is 10.2. The maximum absolute atomic E-state index is 4.22. The molecule has 0 radical (unpaired) electrons. The van der Waals surface area contributed by atoms with Crippen molar-refractivity contribution >= 4 is 0 Å². The van der Waals surface area contributed by atoms with Crippen molar-refractivity contribution in [1.29, 1.82) is 0 Å². The van der Waals surface area contributed by atoms with Crippen LogP contribution < -0.4 is 0 Å². The van der Waals surface area contributed by atoms with Gasteiger partial charge in [0.2, 0.25) is 0 Å². The molecule has 1 aromatic heterocycles. The van der Waals surface area contributed by atoms with E-state index in [1.165, 1.54) is 70.5 Å². The molecular weight excluding hydrogens is 270 g/mol. The van der Waals surface area contributed by atoms with Gasteiger partial charge >= 0.3 is 0 Å². The molecule has 0 saturated carbocycles. The Labute approximate surface area is 135 Å². The van der Waals surface area contributed by atoms with Crippen LogP contribution in [0.15, 0.2) is 24.5 Å². The Hall–Kier alpha value is -0.930. The van der Waals surface area contributed by atoms with E-state index in [0.29, 0.717) is 0 Å². The van der Waals surface area contributed by atoms with Crippen LogP contribution in [0.5, 0.6) is 0 Å². The van der Waals surface area contributed by atoms with E-state index >= 15 is 0 Å². The summed E-state index contributed by atoms with van der Waals surface area (Å²) in [7, 11) is 0. The molecule has 2 aliphatic heterocycles. The molecule has 1 atom stereocenters. The summed E-state index contributed by atoms with van der Waals surface area (Å²) in [6.07, 6.45) is 10.6. The molecule has 3 rings (SSSR count). The third-order valence-electron chi connectivity index (χ3n) is 5.44. The monoisotopic (exact) mass is 301 g/mol. The van der Waals surface area contributed by atoms with Crippen molar-refractivity contribution in [3.63, 3.8) is 0 Å². The van der Waals surface area contributed by atoms with Crippen LogP contribution in [-0.4, -0.2) is 54.1 Å². The van der Waals surface area contributed by atoms with Gasteiger partial charge in [-0.15, -0.1) is 0 Å². The highest BCUT2D eigenvalue weighted by molar-refractivity contribution is 5.08. The van der Waals surface area contributed by atoms with E-state index < -0.39 is 0 Å². The fraction of sp³-hybridized carbons (Fsp3) is 0.737. The SMILES string of the molecule is CC1CCN(C[C@H]2CCCN(CCc3cccnc3)C2)CC1. The Kier molecular flexibility index (Phi) is 5.85. The van der Waals surface area contributed by atoms with Gasteiger partial charge in [0.05, 0.1) is 0 Å². The molecule has 0 unspecified atom stereocenters. The van der Waals surface area contributed by atoms with Gasteiger partial charge in [-0.25, -0.2) is 0 Å². The number of pyridine rings is 1. The number of aromatic nitrogens is 1. The molecule has 22 heavy (non-hydrogen) atoms. The first-order valence-electron chi connectivity index (χ1n) is 9.13. The molecule has 0 bridgehead atoms. The summed E-state index contributed by atoms with van der Waals surface area (Å²) in [5.41, 5.74) is 1.37. The van der Waals surface area contributed by atoms with Gasteiger partial charge in [0.25, 0.3) is 0 Å². The van der Waals surface area contributed by atoms with Crippen molar-refractivity contribution in [1.82, 2.24) is 14.8 Å². The molecule has 3 heteroatoms. The Balaban J connectivity index is 1.41. The molecule has 1 aromatic rings. The average Bonchev–Trinajstić information content (AvgIpc) is 2.57. The Bertz CT molecular complexity index is 426. The molecule has 0 spiro atoms. The molecule has 3 nitrogen and oxygen atoms in total. The van der Waals surface area contributed by atoms with E-state index in [0.717, 1.165) is 18.3 Å². The topological polar surface area (TPSA) is 19.4 Å². The summed E-state index contributed by atoms with van der Waals surface area (Å²) >= 11 is 0. The maximum atomic E-state index is 4.22. The smallest absolute Gasteiger partial charge is 0.0300 e. The lowest BCUT2D eigenvalue weighted by Crippen LogP contribution is -2.43. The van der Waals surface area contributed by atoms with Crippen molar-refractivity contribution < 1.29 is 0 Å². The molecule has 2 saturated heterocycles. The lowest BCUT2D eigenvalue weighted by molar-refractivity contribution is 0.113. The van der Waals surface area contributed by atoms with Crippen molar-refractivity contribution in [2.24, 2.45) is 11.8 Å². The number of nitrogens with zero attached hydrogens (tertiary/aromatic N) is 3. The second-order valence-corrected chi connectivity index (χ2v) is 7.40. The predicted octanol–water partition coefficient (Wildman–Crippen LogP) is 3.07. The third kappa shape index (κ3) is 4.79. The minimum absolute atomic E-state index is 0.885. The van der Waals surface area contributed by atoms with E-state index in [-0.39, 0.29) is 0 Å². The first kappa shape index (κ1) is 15.9. The largest absolute Gasteiger partial charge is 0.303 e. The number of likely N-dealkylation sites (tertiary alicyclic amines) is 2. The summed E-state index contributed by atoms with van der Waals surface area (Å²) < 4.78 is 0. The fourth-order valence-corrected chi connectivity index (χ4v) is 3.95. The molecule has 0 amide bonds. The molecule has 2 fully saturated rings. The summed E-state index contributed by atoms with van der Waals surface area (Å²) in [4.78, 5) is 9.61. The van der Waals surface area contributed by atoms with Crippen LogP contribution in [0, 0.1) is 11.8 Å². The quantitative estimate of drug-likeness (QED) is 0.833. The Morgan fingerprint density at radius 3 is 2.77 bits per heavy atom. The second-order valence-electron chi connectivity index (χ2n) is 7.40. The van der Waals surface area contributed by atoms with E-state index in [4.69, 9.17) is 0 Å². The fourth-order valence-electron chi connectivity index (χ4n) is 3.95. The van der Waals surface area contributed by atoms with Crippen molar-refractivity contribution in [3.8, 4) is 0 Å². The van der Waals surface area contributed by atoms with Crippen LogP contribution >= 0.6 is 0 Å². The van der Waals surface area contributed by atoms with Crippen LogP contribution in [0.1, 0.15) is 38.2 Å². The minimum atomic E-state index is 0.885. The summed E-state index contributed by atoms with van der Waals surface area (Å²) in [5.74, 6) is 1.83. The van der Waals surface area contributed by atoms with Gasteiger partial charge < -0.3 is 9.80 Å². The van der Waals surface area contributed by atoms with E-state index in [9.17, 15) is 0 Å². The van der Waals surface area contributed by atoms with Gasteiger partial charge in [0.1, 0.15) is 0 Å². The molecule has 0 aromatic carbocycles. The summed E-state index contributed by atoms with van der Waals surface area (Å²) in [6, 6.07) is 4.25. The zero-order valence-corrected chi connectivity index (χ0v) is 14.1. The van der Waals surface area contributed by atoms with Crippen molar-refractivity contribution in [2.75, 3.05) is 39.3 Å². The van der Waals surface area contributed by atoms with E-state index in [1.807, 2.05) is 18.5 Å². The van der Waals surface area contributed by atoms with Crippen LogP contribution in [0.4, 0.5) is 0 Å². The average molecular weight is 301 g/mol. The van der Waals surface area contributed by atoms with Gasteiger partial charge in [-0.1, -0.05) is 13.0 Å². The van der Waals surface area contributed by atoms with Crippen LogP contribution in [-0.2, 0) is 6.42 Å². The molecule has 0 N–H and O–H groups in total. The van der Waals surface area contributed by atoms with Gasteiger partial charge in [-0.05, 0) is 75.2 Å². The molecule has 0 aliphatic carbocycles. The Morgan fingerprint density at radius 1 is 1.14 bits per heavy atom. The van der Waals surface area contributed by atoms with Gasteiger partial charge in [-0.3, -0.25) is 4.98 Å². The molecular formula is C19H31N3. The Morgan fingerprint density at radius 2 is 2.00 bits per heavy atom. The molecule has 3 heterocycles. The lowest BCUT2D eigenvalue weighted by Gasteiger charge is -2.37. The number of hydrogen-bond acceptors (Lipinski definition) is 3. The van der Waals surface area contributed by atoms with E-state index in [1.54, 1.807) is 0 Å². The first-order chi connectivity index (χ1) is 10.8. The predicted molar refractivity (Wildman–Crippen MR) is 91.9 cm³/mol. The highest BCUT2D eigenvalue weighted by Gasteiger charge is 2.23. The van der Waals surface area contributed by atoms with Crippen molar-refractivity contribution in [3.05, 3.63) is 30.1 Å². The second kappa shape index (κ2) is 8.07. The first-order valence-corrected chi connectivity index (χ1v) is 9.13. The highest BCUT2D eigenvalue weighted by atomic mass is 15.2. The van der Waals surface area contributed by atoms with Crippen LogP contribution in [0.25, 0.3) is 0 Å². The van der Waals surface area contributed by atoms with Gasteiger partial charge in [0.15, 0.2) is 0 Å². The van der Waals surface area contributed by atoms with Crippen molar-refractivity contribution in [2.45, 2.75) is 39.0 Å². The number of rotatable bonds is 5. The lowest BCUT2D eigenvalue weighted by atomic mass is 9.94. The molecule has 122 valence electrons. The normalized spacial score (nSPS) is 25.4. The van der Waals surface area contributed by atoms with Crippen LogP contribution in [0.2, 0.25) is 0 Å².